The molecule has 0 fully saturated rings. The molecule has 0 rings (SSSR count). The van der Waals surface area contributed by atoms with Crippen molar-refractivity contribution < 1.29 is 23.3 Å². The highest BCUT2D eigenvalue weighted by Gasteiger charge is 2.47. The summed E-state index contributed by atoms with van der Waals surface area (Å²) in [6.07, 6.45) is -5.08. The van der Waals surface area contributed by atoms with Gasteiger partial charge in [0.05, 0.1) is 5.92 Å². The smallest absolute Gasteiger partial charge is 0.252 e. The summed E-state index contributed by atoms with van der Waals surface area (Å²) in [5, 5.41) is 8.53. The van der Waals surface area contributed by atoms with Crippen molar-refractivity contribution in [2.75, 3.05) is 0 Å². The molecule has 0 aromatic carbocycles. The van der Waals surface area contributed by atoms with Gasteiger partial charge in [-0.3, -0.25) is 5.26 Å². The summed E-state index contributed by atoms with van der Waals surface area (Å²) in [4.78, 5) is 3.97. The highest BCUT2D eigenvalue weighted by atomic mass is 19.4. The van der Waals surface area contributed by atoms with Crippen molar-refractivity contribution in [2.24, 2.45) is 11.3 Å². The second kappa shape index (κ2) is 4.49. The molecule has 14 heavy (non-hydrogen) atoms. The normalized spacial score (nSPS) is 18.0. The predicted octanol–water partition coefficient (Wildman–Crippen LogP) is 3.48. The Balaban J connectivity index is 4.73. The standard InChI is InChI=1S/C9H17F3O2/c1-5-8(3,4)7(14-13)6(2)9(10,11)12/h6-7,13H,5H2,1-4H3. The molecule has 0 aliphatic heterocycles. The summed E-state index contributed by atoms with van der Waals surface area (Å²) in [7, 11) is 0. The summed E-state index contributed by atoms with van der Waals surface area (Å²) in [5.41, 5.74) is -0.705. The van der Waals surface area contributed by atoms with Gasteiger partial charge in [0.1, 0.15) is 6.10 Å². The maximum atomic E-state index is 12.4. The summed E-state index contributed by atoms with van der Waals surface area (Å²) >= 11 is 0. The molecule has 0 aromatic rings. The van der Waals surface area contributed by atoms with Gasteiger partial charge in [-0.15, -0.1) is 0 Å². The van der Waals surface area contributed by atoms with Gasteiger partial charge in [-0.05, 0) is 11.8 Å². The molecule has 2 nitrogen and oxygen atoms in total. The number of alkyl halides is 3. The van der Waals surface area contributed by atoms with Gasteiger partial charge in [0.15, 0.2) is 0 Å². The maximum absolute atomic E-state index is 12.4. The Bertz CT molecular complexity index is 177. The monoisotopic (exact) mass is 214 g/mol. The van der Waals surface area contributed by atoms with E-state index in [2.05, 4.69) is 4.89 Å². The first-order chi connectivity index (χ1) is 6.16. The lowest BCUT2D eigenvalue weighted by Gasteiger charge is -2.35. The molecule has 0 heterocycles. The summed E-state index contributed by atoms with van der Waals surface area (Å²) in [5.74, 6) is -1.68. The van der Waals surface area contributed by atoms with Crippen LogP contribution >= 0.6 is 0 Å². The van der Waals surface area contributed by atoms with Gasteiger partial charge in [0, 0.05) is 0 Å². The molecule has 2 atom stereocenters. The Labute approximate surface area is 82.0 Å². The largest absolute Gasteiger partial charge is 0.394 e. The molecule has 0 spiro atoms. The van der Waals surface area contributed by atoms with Crippen LogP contribution in [0.3, 0.4) is 0 Å². The Hall–Kier alpha value is -0.290. The van der Waals surface area contributed by atoms with E-state index in [0.717, 1.165) is 6.92 Å². The van der Waals surface area contributed by atoms with Gasteiger partial charge < -0.3 is 0 Å². The molecule has 86 valence electrons. The SMILES string of the molecule is CCC(C)(C)C(OO)C(C)C(F)(F)F. The van der Waals surface area contributed by atoms with E-state index in [-0.39, 0.29) is 0 Å². The molecule has 0 bridgehead atoms. The van der Waals surface area contributed by atoms with Crippen LogP contribution in [-0.2, 0) is 4.89 Å². The quantitative estimate of drug-likeness (QED) is 0.573. The number of halogens is 3. The Morgan fingerprint density at radius 2 is 1.71 bits per heavy atom. The molecule has 1 N–H and O–H groups in total. The third kappa shape index (κ3) is 3.13. The molecule has 0 saturated heterocycles. The van der Waals surface area contributed by atoms with Crippen LogP contribution in [0.1, 0.15) is 34.1 Å². The fourth-order valence-electron chi connectivity index (χ4n) is 1.28. The molecule has 0 saturated carbocycles. The van der Waals surface area contributed by atoms with Gasteiger partial charge in [0.25, 0.3) is 0 Å². The van der Waals surface area contributed by atoms with E-state index in [4.69, 9.17) is 5.26 Å². The van der Waals surface area contributed by atoms with Crippen molar-refractivity contribution in [3.05, 3.63) is 0 Å². The molecule has 0 radical (unpaired) electrons. The van der Waals surface area contributed by atoms with Crippen LogP contribution in [0.4, 0.5) is 13.2 Å². The Morgan fingerprint density at radius 3 is 1.93 bits per heavy atom. The van der Waals surface area contributed by atoms with Crippen LogP contribution in [-0.4, -0.2) is 17.5 Å². The van der Waals surface area contributed by atoms with Crippen molar-refractivity contribution in [3.63, 3.8) is 0 Å². The van der Waals surface area contributed by atoms with E-state index >= 15 is 0 Å². The zero-order valence-corrected chi connectivity index (χ0v) is 8.85. The van der Waals surface area contributed by atoms with E-state index in [9.17, 15) is 13.2 Å². The van der Waals surface area contributed by atoms with Crippen LogP contribution in [0.5, 0.6) is 0 Å². The Morgan fingerprint density at radius 1 is 1.29 bits per heavy atom. The fourth-order valence-corrected chi connectivity index (χ4v) is 1.28. The molecule has 2 unspecified atom stereocenters. The second-order valence-electron chi connectivity index (χ2n) is 4.20. The predicted molar refractivity (Wildman–Crippen MR) is 46.8 cm³/mol. The number of rotatable bonds is 4. The lowest BCUT2D eigenvalue weighted by molar-refractivity contribution is -0.339. The van der Waals surface area contributed by atoms with Gasteiger partial charge in [-0.1, -0.05) is 27.7 Å². The van der Waals surface area contributed by atoms with Crippen molar-refractivity contribution in [1.82, 2.24) is 0 Å². The van der Waals surface area contributed by atoms with Gasteiger partial charge in [-0.2, -0.15) is 13.2 Å². The first-order valence-electron chi connectivity index (χ1n) is 4.53. The van der Waals surface area contributed by atoms with E-state index in [1.54, 1.807) is 20.8 Å². The van der Waals surface area contributed by atoms with Gasteiger partial charge in [0.2, 0.25) is 0 Å². The van der Waals surface area contributed by atoms with Gasteiger partial charge in [-0.25, -0.2) is 4.89 Å². The minimum Gasteiger partial charge on any atom is -0.252 e. The molecule has 0 amide bonds. The maximum Gasteiger partial charge on any atom is 0.394 e. The first-order valence-corrected chi connectivity index (χ1v) is 4.53. The van der Waals surface area contributed by atoms with Crippen LogP contribution in [0.2, 0.25) is 0 Å². The van der Waals surface area contributed by atoms with Gasteiger partial charge >= 0.3 is 6.18 Å². The van der Waals surface area contributed by atoms with Crippen LogP contribution in [0, 0.1) is 11.3 Å². The van der Waals surface area contributed by atoms with Crippen molar-refractivity contribution in [2.45, 2.75) is 46.4 Å². The second-order valence-corrected chi connectivity index (χ2v) is 4.20. The minimum atomic E-state index is -4.35. The highest BCUT2D eigenvalue weighted by Crippen LogP contribution is 2.39. The fraction of sp³-hybridized carbons (Fsp3) is 1.00. The molecule has 0 aliphatic carbocycles. The average molecular weight is 214 g/mol. The van der Waals surface area contributed by atoms with E-state index in [1.165, 1.54) is 0 Å². The van der Waals surface area contributed by atoms with E-state index in [0.29, 0.717) is 6.42 Å². The van der Waals surface area contributed by atoms with Crippen LogP contribution < -0.4 is 0 Å². The van der Waals surface area contributed by atoms with Crippen molar-refractivity contribution in [3.8, 4) is 0 Å². The number of hydrogen-bond acceptors (Lipinski definition) is 2. The topological polar surface area (TPSA) is 29.5 Å². The first kappa shape index (κ1) is 13.7. The third-order valence-electron chi connectivity index (χ3n) is 2.77. The van der Waals surface area contributed by atoms with E-state index in [1.807, 2.05) is 0 Å². The van der Waals surface area contributed by atoms with Crippen molar-refractivity contribution >= 4 is 0 Å². The summed E-state index contributed by atoms with van der Waals surface area (Å²) in [6.45, 7) is 6.04. The van der Waals surface area contributed by atoms with Crippen molar-refractivity contribution in [1.29, 1.82) is 0 Å². The average Bonchev–Trinajstić information content (AvgIpc) is 2.03. The summed E-state index contributed by atoms with van der Waals surface area (Å²) in [6, 6.07) is 0. The molecule has 0 aromatic heterocycles. The molecule has 5 heteroatoms. The molecule has 0 aliphatic rings. The lowest BCUT2D eigenvalue weighted by atomic mass is 9.78. The van der Waals surface area contributed by atoms with E-state index < -0.39 is 23.6 Å². The third-order valence-corrected chi connectivity index (χ3v) is 2.77. The number of hydrogen-bond donors (Lipinski definition) is 1. The van der Waals surface area contributed by atoms with Crippen LogP contribution in [0.25, 0.3) is 0 Å². The summed E-state index contributed by atoms with van der Waals surface area (Å²) < 4.78 is 37.1. The highest BCUT2D eigenvalue weighted by molar-refractivity contribution is 4.84. The Kier molecular flexibility index (Phi) is 4.39. The minimum absolute atomic E-state index is 0.499. The zero-order chi connectivity index (χ0) is 11.6. The molecular weight excluding hydrogens is 197 g/mol. The zero-order valence-electron chi connectivity index (χ0n) is 8.85. The molecular formula is C9H17F3O2. The van der Waals surface area contributed by atoms with Crippen LogP contribution in [0.15, 0.2) is 0 Å². The lowest BCUT2D eigenvalue weighted by Crippen LogP contribution is -2.42.